The molecule has 3 N–H and O–H groups in total. The quantitative estimate of drug-likeness (QED) is 0.619. The molecule has 0 heterocycles. The molecule has 6 nitrogen and oxygen atoms in total. The van der Waals surface area contributed by atoms with E-state index < -0.39 is 34.5 Å². The van der Waals surface area contributed by atoms with E-state index in [1.807, 2.05) is 0 Å². The van der Waals surface area contributed by atoms with Gasteiger partial charge in [-0.05, 0) is 24.6 Å². The maximum atomic E-state index is 12.1. The number of aryl methyl sites for hydroxylation is 1. The first-order valence-electron chi connectivity index (χ1n) is 6.68. The molecule has 10 heteroatoms. The minimum Gasteiger partial charge on any atom is -0.502 e. The van der Waals surface area contributed by atoms with Gasteiger partial charge in [0.1, 0.15) is 5.75 Å². The molecule has 0 saturated heterocycles. The van der Waals surface area contributed by atoms with Crippen molar-refractivity contribution < 1.29 is 27.9 Å². The van der Waals surface area contributed by atoms with E-state index >= 15 is 0 Å². The van der Waals surface area contributed by atoms with Gasteiger partial charge >= 0.3 is 12.0 Å². The molecule has 0 fully saturated rings. The van der Waals surface area contributed by atoms with E-state index in [0.29, 0.717) is 5.56 Å². The van der Waals surface area contributed by atoms with Gasteiger partial charge in [0.05, 0.1) is 11.0 Å². The van der Waals surface area contributed by atoms with Crippen molar-refractivity contribution in [3.63, 3.8) is 0 Å². The fourth-order valence-electron chi connectivity index (χ4n) is 2.23. The first-order chi connectivity index (χ1) is 11.1. The summed E-state index contributed by atoms with van der Waals surface area (Å²) in [5.41, 5.74) is 6.23. The van der Waals surface area contributed by atoms with Gasteiger partial charge in [-0.15, -0.1) is 25.6 Å². The van der Waals surface area contributed by atoms with Crippen LogP contribution in [0.5, 0.6) is 11.5 Å². The van der Waals surface area contributed by atoms with Gasteiger partial charge in [-0.25, -0.2) is 0 Å². The number of rotatable bonds is 4. The third kappa shape index (κ3) is 4.74. The van der Waals surface area contributed by atoms with Crippen LogP contribution < -0.4 is 10.5 Å². The van der Waals surface area contributed by atoms with Crippen LogP contribution in [0.3, 0.4) is 0 Å². The second-order valence-corrected chi connectivity index (χ2v) is 5.02. The molecular formula is C15H14ClF3N2O4. The molecule has 0 saturated carbocycles. The largest absolute Gasteiger partial charge is 0.573 e. The lowest BCUT2D eigenvalue weighted by Crippen LogP contribution is -2.17. The maximum absolute atomic E-state index is 12.1. The molecule has 2 aromatic rings. The van der Waals surface area contributed by atoms with Crippen LogP contribution in [0.15, 0.2) is 36.4 Å². The summed E-state index contributed by atoms with van der Waals surface area (Å²) in [6.45, 7) is 1.47. The average molecular weight is 379 g/mol. The number of phenols is 1. The lowest BCUT2D eigenvalue weighted by atomic mass is 9.96. The molecule has 0 unspecified atom stereocenters. The van der Waals surface area contributed by atoms with Gasteiger partial charge < -0.3 is 15.6 Å². The third-order valence-corrected chi connectivity index (χ3v) is 3.37. The number of nitro benzene ring substituents is 1. The fourth-order valence-corrected chi connectivity index (χ4v) is 2.23. The topological polar surface area (TPSA) is 98.6 Å². The summed E-state index contributed by atoms with van der Waals surface area (Å²) in [7, 11) is 0. The van der Waals surface area contributed by atoms with Crippen molar-refractivity contribution in [1.29, 1.82) is 0 Å². The zero-order chi connectivity index (χ0) is 18.1. The Morgan fingerprint density at radius 2 is 1.76 bits per heavy atom. The van der Waals surface area contributed by atoms with Crippen molar-refractivity contribution in [2.24, 2.45) is 5.73 Å². The molecule has 0 aromatic heterocycles. The van der Waals surface area contributed by atoms with E-state index in [2.05, 4.69) is 4.74 Å². The Morgan fingerprint density at radius 3 is 2.24 bits per heavy atom. The van der Waals surface area contributed by atoms with Gasteiger partial charge in [0, 0.05) is 11.1 Å². The van der Waals surface area contributed by atoms with E-state index in [1.54, 1.807) is 0 Å². The highest BCUT2D eigenvalue weighted by Gasteiger charge is 2.31. The fraction of sp³-hybridized carbons (Fsp3) is 0.200. The third-order valence-electron chi connectivity index (χ3n) is 3.37. The predicted molar refractivity (Wildman–Crippen MR) is 85.9 cm³/mol. The smallest absolute Gasteiger partial charge is 0.502 e. The van der Waals surface area contributed by atoms with Crippen LogP contribution in [-0.4, -0.2) is 16.4 Å². The number of nitrogens with zero attached hydrogens (tertiary/aromatic N) is 1. The van der Waals surface area contributed by atoms with E-state index in [4.69, 9.17) is 5.73 Å². The number of nitro groups is 1. The highest BCUT2D eigenvalue weighted by molar-refractivity contribution is 5.85. The second-order valence-electron chi connectivity index (χ2n) is 5.02. The van der Waals surface area contributed by atoms with Crippen LogP contribution in [0, 0.1) is 17.0 Å². The minimum atomic E-state index is -4.81. The molecule has 0 radical (unpaired) electrons. The number of aromatic hydroxyl groups is 1. The Hall–Kier alpha value is -2.52. The molecule has 0 aliphatic carbocycles. The Morgan fingerprint density at radius 1 is 1.20 bits per heavy atom. The molecule has 1 atom stereocenters. The molecule has 25 heavy (non-hydrogen) atoms. The summed E-state index contributed by atoms with van der Waals surface area (Å²) in [4.78, 5) is 10.3. The Bertz CT molecular complexity index is 767. The average Bonchev–Trinajstić information content (AvgIpc) is 2.45. The summed E-state index contributed by atoms with van der Waals surface area (Å²) in [6.07, 6.45) is -4.81. The van der Waals surface area contributed by atoms with Crippen molar-refractivity contribution in [2.45, 2.75) is 19.3 Å². The van der Waals surface area contributed by atoms with Gasteiger partial charge in [0.15, 0.2) is 5.75 Å². The van der Waals surface area contributed by atoms with E-state index in [9.17, 15) is 28.4 Å². The van der Waals surface area contributed by atoms with Crippen LogP contribution in [0.1, 0.15) is 22.7 Å². The maximum Gasteiger partial charge on any atom is 0.573 e. The highest BCUT2D eigenvalue weighted by Crippen LogP contribution is 2.37. The van der Waals surface area contributed by atoms with Crippen LogP contribution in [-0.2, 0) is 0 Å². The molecule has 136 valence electrons. The molecule has 0 spiro atoms. The van der Waals surface area contributed by atoms with Gasteiger partial charge in [-0.2, -0.15) is 0 Å². The Labute approximate surface area is 146 Å². The Kier molecular flexibility index (Phi) is 6.22. The number of nitrogens with two attached hydrogens (primary N) is 1. The van der Waals surface area contributed by atoms with Gasteiger partial charge in [-0.3, -0.25) is 10.1 Å². The molecule has 0 aliphatic rings. The standard InChI is InChI=1S/C15H13F3N2O4.ClH/c1-8-2-7-11(14(21)13(8)20(22)23)12(19)9-3-5-10(6-4-9)24-15(16,17)18;/h2-7,12,21H,19H2,1H3;1H/t12-;/m1./s1. The predicted octanol–water partition coefficient (Wildman–Crippen LogP) is 3.98. The van der Waals surface area contributed by atoms with E-state index in [0.717, 1.165) is 12.1 Å². The Balaban J connectivity index is 0.00000312. The van der Waals surface area contributed by atoms with Gasteiger partial charge in [0.2, 0.25) is 0 Å². The number of hydrogen-bond donors (Lipinski definition) is 2. The SMILES string of the molecule is Cc1ccc([C@H](N)c2ccc(OC(F)(F)F)cc2)c(O)c1[N+](=O)[O-].Cl. The normalized spacial score (nSPS) is 12.2. The summed E-state index contributed by atoms with van der Waals surface area (Å²) < 4.78 is 40.1. The number of phenolic OH excluding ortho intramolecular Hbond substituents is 1. The van der Waals surface area contributed by atoms with Crippen LogP contribution in [0.2, 0.25) is 0 Å². The number of hydrogen-bond acceptors (Lipinski definition) is 5. The molecular weight excluding hydrogens is 365 g/mol. The van der Waals surface area contributed by atoms with Crippen LogP contribution in [0.4, 0.5) is 18.9 Å². The zero-order valence-electron chi connectivity index (χ0n) is 12.8. The summed E-state index contributed by atoms with van der Waals surface area (Å²) in [5.74, 6) is -0.985. The van der Waals surface area contributed by atoms with Crippen molar-refractivity contribution in [3.05, 3.63) is 63.2 Å². The lowest BCUT2D eigenvalue weighted by Gasteiger charge is -2.16. The number of halogens is 4. The molecule has 2 aromatic carbocycles. The van der Waals surface area contributed by atoms with Crippen molar-refractivity contribution in [1.82, 2.24) is 0 Å². The van der Waals surface area contributed by atoms with Crippen molar-refractivity contribution in [2.75, 3.05) is 0 Å². The summed E-state index contributed by atoms with van der Waals surface area (Å²) in [5, 5.41) is 21.1. The van der Waals surface area contributed by atoms with Crippen molar-refractivity contribution in [3.8, 4) is 11.5 Å². The number of alkyl halides is 3. The molecule has 0 aliphatic heterocycles. The van der Waals surface area contributed by atoms with E-state index in [1.165, 1.54) is 31.2 Å². The lowest BCUT2D eigenvalue weighted by molar-refractivity contribution is -0.386. The molecule has 0 bridgehead atoms. The first kappa shape index (κ1) is 20.5. The monoisotopic (exact) mass is 378 g/mol. The highest BCUT2D eigenvalue weighted by atomic mass is 35.5. The minimum absolute atomic E-state index is 0. The van der Waals surface area contributed by atoms with Gasteiger partial charge in [-0.1, -0.05) is 24.3 Å². The summed E-state index contributed by atoms with van der Waals surface area (Å²) >= 11 is 0. The number of benzene rings is 2. The van der Waals surface area contributed by atoms with Gasteiger partial charge in [0.25, 0.3) is 0 Å². The molecule has 0 amide bonds. The summed E-state index contributed by atoms with van der Waals surface area (Å²) in [6, 6.07) is 6.64. The number of ether oxygens (including phenoxy) is 1. The zero-order valence-corrected chi connectivity index (χ0v) is 13.6. The van der Waals surface area contributed by atoms with Crippen molar-refractivity contribution >= 4 is 18.1 Å². The van der Waals surface area contributed by atoms with Crippen LogP contribution >= 0.6 is 12.4 Å². The second kappa shape index (κ2) is 7.58. The molecule has 2 rings (SSSR count). The van der Waals surface area contributed by atoms with Crippen LogP contribution in [0.25, 0.3) is 0 Å². The van der Waals surface area contributed by atoms with E-state index in [-0.39, 0.29) is 23.5 Å². The first-order valence-corrected chi connectivity index (χ1v) is 6.68.